The van der Waals surface area contributed by atoms with Crippen LogP contribution in [0.1, 0.15) is 100 Å². The van der Waals surface area contributed by atoms with Crippen molar-refractivity contribution >= 4 is 0 Å². The molecule has 0 heterocycles. The van der Waals surface area contributed by atoms with Gasteiger partial charge < -0.3 is 4.74 Å². The van der Waals surface area contributed by atoms with E-state index in [2.05, 4.69) is 74.5 Å². The normalized spacial score (nSPS) is 18.5. The van der Waals surface area contributed by atoms with Gasteiger partial charge >= 0.3 is 0 Å². The minimum absolute atomic E-state index is 0.739. The molecule has 1 heteroatoms. The molecule has 0 spiro atoms. The number of allylic oxidation sites excluding steroid dienone is 2. The largest absolute Gasteiger partial charge is 0.377 e. The Morgan fingerprint density at radius 3 is 1.88 bits per heavy atom. The Hall–Kier alpha value is -1.86. The first-order valence-electron chi connectivity index (χ1n) is 14.1. The molecule has 0 amide bonds. The van der Waals surface area contributed by atoms with Crippen LogP contribution < -0.4 is 0 Å². The Balaban J connectivity index is 1.28. The second kappa shape index (κ2) is 15.9. The minimum Gasteiger partial charge on any atom is -0.377 e. The van der Waals surface area contributed by atoms with E-state index < -0.39 is 0 Å². The number of hydrogen-bond donors (Lipinski definition) is 0. The van der Waals surface area contributed by atoms with Gasteiger partial charge in [0.05, 0.1) is 6.61 Å². The Bertz CT molecular complexity index is 793. The average molecular weight is 461 g/mol. The first-order valence-corrected chi connectivity index (χ1v) is 14.1. The molecule has 0 radical (unpaired) electrons. The van der Waals surface area contributed by atoms with Crippen molar-refractivity contribution in [1.29, 1.82) is 0 Å². The molecule has 1 aliphatic rings. The lowest BCUT2D eigenvalue weighted by Gasteiger charge is -2.26. The molecule has 0 bridgehead atoms. The summed E-state index contributed by atoms with van der Waals surface area (Å²) in [5.41, 5.74) is 5.65. The van der Waals surface area contributed by atoms with Gasteiger partial charge in [-0.1, -0.05) is 93.3 Å². The molecule has 2 aromatic carbocycles. The van der Waals surface area contributed by atoms with E-state index in [1.165, 1.54) is 92.9 Å². The molecule has 1 nitrogen and oxygen atoms in total. The van der Waals surface area contributed by atoms with Crippen LogP contribution in [0.3, 0.4) is 0 Å². The zero-order valence-electron chi connectivity index (χ0n) is 21.9. The van der Waals surface area contributed by atoms with Gasteiger partial charge in [0.15, 0.2) is 0 Å². The lowest BCUT2D eigenvalue weighted by Crippen LogP contribution is -2.13. The zero-order chi connectivity index (χ0) is 23.8. The van der Waals surface area contributed by atoms with Gasteiger partial charge in [-0.05, 0) is 98.8 Å². The van der Waals surface area contributed by atoms with E-state index in [9.17, 15) is 0 Å². The maximum atomic E-state index is 5.78. The van der Waals surface area contributed by atoms with Crippen molar-refractivity contribution in [2.45, 2.75) is 104 Å². The van der Waals surface area contributed by atoms with Crippen molar-refractivity contribution in [3.05, 3.63) is 82.9 Å². The molecule has 0 aliphatic heterocycles. The number of rotatable bonds is 15. The van der Waals surface area contributed by atoms with Crippen molar-refractivity contribution < 1.29 is 4.74 Å². The molecule has 2 aromatic rings. The van der Waals surface area contributed by atoms with Gasteiger partial charge in [0.25, 0.3) is 0 Å². The molecule has 1 saturated carbocycles. The van der Waals surface area contributed by atoms with E-state index in [0.717, 1.165) is 37.9 Å². The van der Waals surface area contributed by atoms with Gasteiger partial charge in [-0.2, -0.15) is 0 Å². The lowest BCUT2D eigenvalue weighted by atomic mass is 9.79. The summed E-state index contributed by atoms with van der Waals surface area (Å²) in [6.45, 7) is 6.00. The van der Waals surface area contributed by atoms with Gasteiger partial charge in [-0.15, -0.1) is 0 Å². The fourth-order valence-corrected chi connectivity index (χ4v) is 5.31. The Kier molecular flexibility index (Phi) is 12.5. The van der Waals surface area contributed by atoms with Crippen LogP contribution in [0.2, 0.25) is 0 Å². The van der Waals surface area contributed by atoms with Crippen LogP contribution in [0.5, 0.6) is 0 Å². The molecular formula is C33H48O. The van der Waals surface area contributed by atoms with E-state index >= 15 is 0 Å². The van der Waals surface area contributed by atoms with Gasteiger partial charge in [0.2, 0.25) is 0 Å². The van der Waals surface area contributed by atoms with E-state index in [1.54, 1.807) is 0 Å². The summed E-state index contributed by atoms with van der Waals surface area (Å²) in [6, 6.07) is 18.4. The summed E-state index contributed by atoms with van der Waals surface area (Å²) in [6.07, 6.45) is 21.7. The van der Waals surface area contributed by atoms with Crippen LogP contribution in [0.4, 0.5) is 0 Å². The quantitative estimate of drug-likeness (QED) is 0.190. The van der Waals surface area contributed by atoms with Crippen LogP contribution >= 0.6 is 0 Å². The van der Waals surface area contributed by atoms with E-state index in [4.69, 9.17) is 4.74 Å². The summed E-state index contributed by atoms with van der Waals surface area (Å²) in [7, 11) is 0. The number of unbranched alkanes of at least 4 members (excludes halogenated alkanes) is 3. The van der Waals surface area contributed by atoms with Crippen LogP contribution in [0, 0.1) is 11.8 Å². The van der Waals surface area contributed by atoms with Crippen molar-refractivity contribution in [3.63, 3.8) is 0 Å². The molecule has 1 fully saturated rings. The van der Waals surface area contributed by atoms with Crippen molar-refractivity contribution in [2.24, 2.45) is 11.8 Å². The molecular weight excluding hydrogens is 412 g/mol. The monoisotopic (exact) mass is 460 g/mol. The van der Waals surface area contributed by atoms with Gasteiger partial charge in [-0.25, -0.2) is 0 Å². The Labute approximate surface area is 210 Å². The maximum Gasteiger partial charge on any atom is 0.0716 e. The maximum absolute atomic E-state index is 5.78. The van der Waals surface area contributed by atoms with E-state index in [0.29, 0.717) is 0 Å². The van der Waals surface area contributed by atoms with E-state index in [1.807, 2.05) is 0 Å². The first kappa shape index (κ1) is 26.7. The molecule has 0 aromatic heterocycles. The number of ether oxygens (including phenoxy) is 1. The van der Waals surface area contributed by atoms with Crippen LogP contribution in [-0.2, 0) is 30.6 Å². The summed E-state index contributed by atoms with van der Waals surface area (Å²) in [5, 5.41) is 0. The smallest absolute Gasteiger partial charge is 0.0716 e. The average Bonchev–Trinajstić information content (AvgIpc) is 2.88. The predicted molar refractivity (Wildman–Crippen MR) is 147 cm³/mol. The topological polar surface area (TPSA) is 9.23 Å². The second-order valence-electron chi connectivity index (χ2n) is 10.4. The zero-order valence-corrected chi connectivity index (χ0v) is 21.9. The molecule has 0 N–H and O–H groups in total. The molecule has 34 heavy (non-hydrogen) atoms. The highest BCUT2D eigenvalue weighted by Gasteiger charge is 2.18. The van der Waals surface area contributed by atoms with Gasteiger partial charge in [0.1, 0.15) is 0 Å². The molecule has 1 aliphatic carbocycles. The number of benzene rings is 2. The predicted octanol–water partition coefficient (Wildman–Crippen LogP) is 9.27. The lowest BCUT2D eigenvalue weighted by molar-refractivity contribution is 0.117. The number of hydrogen-bond acceptors (Lipinski definition) is 1. The minimum atomic E-state index is 0.739. The third-order valence-corrected chi connectivity index (χ3v) is 7.59. The first-order chi connectivity index (χ1) is 16.8. The Morgan fingerprint density at radius 2 is 1.29 bits per heavy atom. The molecule has 0 unspecified atom stereocenters. The van der Waals surface area contributed by atoms with Gasteiger partial charge in [-0.3, -0.25) is 0 Å². The summed E-state index contributed by atoms with van der Waals surface area (Å²) in [4.78, 5) is 0. The molecule has 0 atom stereocenters. The van der Waals surface area contributed by atoms with Crippen molar-refractivity contribution in [1.82, 2.24) is 0 Å². The summed E-state index contributed by atoms with van der Waals surface area (Å²) < 4.78 is 5.78. The fraction of sp³-hybridized carbons (Fsp3) is 0.576. The number of aryl methyl sites for hydroxylation is 3. The third-order valence-electron chi connectivity index (χ3n) is 7.59. The highest BCUT2D eigenvalue weighted by molar-refractivity contribution is 5.26. The van der Waals surface area contributed by atoms with Crippen molar-refractivity contribution in [2.75, 3.05) is 6.61 Å². The second-order valence-corrected chi connectivity index (χ2v) is 10.4. The molecule has 3 rings (SSSR count). The van der Waals surface area contributed by atoms with Crippen molar-refractivity contribution in [3.8, 4) is 0 Å². The standard InChI is InChI=1S/C33H48O/c1-3-5-8-26-34-27-33-24-22-32(23-25-33)21-20-31-18-16-30(17-19-31)11-7-6-10-29-14-12-28(9-4-2)13-15-29/h4,9,16-19,22-25,28-29H,3,5-8,10-15,20-21,26-27H2,1-2H3. The Morgan fingerprint density at radius 1 is 0.706 bits per heavy atom. The highest BCUT2D eigenvalue weighted by Crippen LogP contribution is 2.32. The third kappa shape index (κ3) is 10.2. The van der Waals surface area contributed by atoms with Crippen LogP contribution in [-0.4, -0.2) is 6.61 Å². The fourth-order valence-electron chi connectivity index (χ4n) is 5.31. The molecule has 0 saturated heterocycles. The van der Waals surface area contributed by atoms with Crippen LogP contribution in [0.25, 0.3) is 0 Å². The highest BCUT2D eigenvalue weighted by atomic mass is 16.5. The van der Waals surface area contributed by atoms with E-state index in [-0.39, 0.29) is 0 Å². The van der Waals surface area contributed by atoms with Gasteiger partial charge in [0, 0.05) is 6.61 Å². The summed E-state index contributed by atoms with van der Waals surface area (Å²) in [5.74, 6) is 1.84. The summed E-state index contributed by atoms with van der Waals surface area (Å²) >= 11 is 0. The SMILES string of the molecule is CC=CC1CCC(CCCCc2ccc(CCc3ccc(COCCCCC)cc3)cc2)CC1. The molecule has 186 valence electrons. The van der Waals surface area contributed by atoms with Crippen LogP contribution in [0.15, 0.2) is 60.7 Å².